The highest BCUT2D eigenvalue weighted by Crippen LogP contribution is 2.22. The summed E-state index contributed by atoms with van der Waals surface area (Å²) in [6, 6.07) is 0.286. The lowest BCUT2D eigenvalue weighted by atomic mass is 9.99. The molecular formula is C12H25N3O2. The van der Waals surface area contributed by atoms with E-state index in [1.54, 1.807) is 0 Å². The monoisotopic (exact) mass is 243 g/mol. The first kappa shape index (κ1) is 14.4. The molecule has 3 atom stereocenters. The fraction of sp³-hybridized carbons (Fsp3) is 0.917. The molecule has 100 valence electrons. The molecule has 1 heterocycles. The second kappa shape index (κ2) is 6.93. The quantitative estimate of drug-likeness (QED) is 0.375. The highest BCUT2D eigenvalue weighted by molar-refractivity contribution is 5.78. The average Bonchev–Trinajstić information content (AvgIpc) is 2.60. The molecule has 0 aromatic heterocycles. The standard InChI is InChI=1S/C12H25N3O2/c1-9(12(17)14-13)10(2)15-7-5-3-4-6-11(15)8-16/h9-11,16H,3-8,13H2,1-2H3,(H,14,17). The van der Waals surface area contributed by atoms with Crippen molar-refractivity contribution in [3.8, 4) is 0 Å². The van der Waals surface area contributed by atoms with Crippen LogP contribution in [0.1, 0.15) is 39.5 Å². The largest absolute Gasteiger partial charge is 0.395 e. The van der Waals surface area contributed by atoms with Gasteiger partial charge in [-0.25, -0.2) is 5.84 Å². The molecule has 0 spiro atoms. The van der Waals surface area contributed by atoms with Crippen molar-refractivity contribution in [1.82, 2.24) is 10.3 Å². The number of aliphatic hydroxyl groups is 1. The summed E-state index contributed by atoms with van der Waals surface area (Å²) in [7, 11) is 0. The van der Waals surface area contributed by atoms with Gasteiger partial charge in [-0.3, -0.25) is 15.1 Å². The minimum Gasteiger partial charge on any atom is -0.395 e. The molecule has 1 fully saturated rings. The lowest BCUT2D eigenvalue weighted by Crippen LogP contribution is -2.50. The zero-order valence-electron chi connectivity index (χ0n) is 10.9. The number of hydrogen-bond donors (Lipinski definition) is 3. The molecule has 0 radical (unpaired) electrons. The normalized spacial score (nSPS) is 26.0. The maximum Gasteiger partial charge on any atom is 0.238 e. The fourth-order valence-corrected chi connectivity index (χ4v) is 2.57. The summed E-state index contributed by atoms with van der Waals surface area (Å²) in [5, 5.41) is 9.45. The number of carbonyl (C=O) groups excluding carboxylic acids is 1. The van der Waals surface area contributed by atoms with Crippen LogP contribution in [-0.4, -0.2) is 41.1 Å². The van der Waals surface area contributed by atoms with Crippen LogP contribution in [0.4, 0.5) is 0 Å². The Labute approximate surface area is 103 Å². The number of nitrogens with one attached hydrogen (secondary N) is 1. The predicted molar refractivity (Wildman–Crippen MR) is 67.0 cm³/mol. The van der Waals surface area contributed by atoms with Gasteiger partial charge < -0.3 is 5.11 Å². The second-order valence-corrected chi connectivity index (χ2v) is 4.96. The number of aliphatic hydroxyl groups excluding tert-OH is 1. The molecule has 4 N–H and O–H groups in total. The Bertz CT molecular complexity index is 248. The van der Waals surface area contributed by atoms with Crippen molar-refractivity contribution in [3.63, 3.8) is 0 Å². The van der Waals surface area contributed by atoms with Crippen LogP contribution in [-0.2, 0) is 4.79 Å². The minimum absolute atomic E-state index is 0.105. The summed E-state index contributed by atoms with van der Waals surface area (Å²) in [6.07, 6.45) is 4.51. The van der Waals surface area contributed by atoms with Crippen molar-refractivity contribution >= 4 is 5.91 Å². The van der Waals surface area contributed by atoms with Gasteiger partial charge in [0.05, 0.1) is 12.5 Å². The predicted octanol–water partition coefficient (Wildman–Crippen LogP) is 0.238. The first-order chi connectivity index (χ1) is 8.11. The van der Waals surface area contributed by atoms with Gasteiger partial charge in [0.25, 0.3) is 0 Å². The van der Waals surface area contributed by atoms with E-state index in [4.69, 9.17) is 5.84 Å². The molecule has 5 nitrogen and oxygen atoms in total. The Morgan fingerprint density at radius 1 is 1.47 bits per heavy atom. The molecule has 5 heteroatoms. The van der Waals surface area contributed by atoms with Crippen molar-refractivity contribution in [2.24, 2.45) is 11.8 Å². The minimum atomic E-state index is -0.160. The first-order valence-corrected chi connectivity index (χ1v) is 6.48. The molecule has 0 bridgehead atoms. The molecule has 1 rings (SSSR count). The Hall–Kier alpha value is -0.650. The summed E-state index contributed by atoms with van der Waals surface area (Å²) < 4.78 is 0. The van der Waals surface area contributed by atoms with Crippen LogP contribution in [0.15, 0.2) is 0 Å². The van der Waals surface area contributed by atoms with Crippen LogP contribution in [0.5, 0.6) is 0 Å². The van der Waals surface area contributed by atoms with Crippen LogP contribution >= 0.6 is 0 Å². The second-order valence-electron chi connectivity index (χ2n) is 4.96. The van der Waals surface area contributed by atoms with Crippen LogP contribution in [0.25, 0.3) is 0 Å². The molecule has 1 aliphatic heterocycles. The van der Waals surface area contributed by atoms with E-state index < -0.39 is 0 Å². The Morgan fingerprint density at radius 3 is 2.76 bits per heavy atom. The number of nitrogens with two attached hydrogens (primary N) is 1. The van der Waals surface area contributed by atoms with Gasteiger partial charge in [-0.15, -0.1) is 0 Å². The maximum absolute atomic E-state index is 11.6. The molecule has 3 unspecified atom stereocenters. The molecule has 0 aliphatic carbocycles. The van der Waals surface area contributed by atoms with Gasteiger partial charge >= 0.3 is 0 Å². The molecule has 1 amide bonds. The van der Waals surface area contributed by atoms with Gasteiger partial charge in [-0.1, -0.05) is 19.8 Å². The van der Waals surface area contributed by atoms with Crippen LogP contribution in [0.2, 0.25) is 0 Å². The fourth-order valence-electron chi connectivity index (χ4n) is 2.57. The van der Waals surface area contributed by atoms with Gasteiger partial charge in [-0.2, -0.15) is 0 Å². The van der Waals surface area contributed by atoms with Crippen molar-refractivity contribution in [2.75, 3.05) is 13.2 Å². The number of nitrogens with zero attached hydrogens (tertiary/aromatic N) is 1. The van der Waals surface area contributed by atoms with E-state index in [1.807, 2.05) is 13.8 Å². The summed E-state index contributed by atoms with van der Waals surface area (Å²) in [5.41, 5.74) is 2.21. The van der Waals surface area contributed by atoms with Gasteiger partial charge in [0.15, 0.2) is 0 Å². The van der Waals surface area contributed by atoms with Crippen molar-refractivity contribution in [3.05, 3.63) is 0 Å². The third-order valence-electron chi connectivity index (χ3n) is 3.94. The van der Waals surface area contributed by atoms with E-state index in [-0.39, 0.29) is 30.5 Å². The average molecular weight is 243 g/mol. The SMILES string of the molecule is CC(C(=O)NN)C(C)N1CCCCCC1CO. The van der Waals surface area contributed by atoms with Crippen LogP contribution in [0.3, 0.4) is 0 Å². The maximum atomic E-state index is 11.6. The molecule has 1 saturated heterocycles. The summed E-state index contributed by atoms with van der Waals surface area (Å²) in [6.45, 7) is 5.04. The molecule has 0 saturated carbocycles. The third-order valence-corrected chi connectivity index (χ3v) is 3.94. The van der Waals surface area contributed by atoms with Gasteiger partial charge in [0.2, 0.25) is 5.91 Å². The molecule has 0 aromatic rings. The summed E-state index contributed by atoms with van der Waals surface area (Å²) >= 11 is 0. The van der Waals surface area contributed by atoms with E-state index >= 15 is 0 Å². The summed E-state index contributed by atoms with van der Waals surface area (Å²) in [5.74, 6) is 4.87. The number of carbonyl (C=O) groups is 1. The Kier molecular flexibility index (Phi) is 5.88. The number of likely N-dealkylation sites (tertiary alicyclic amines) is 1. The van der Waals surface area contributed by atoms with Crippen molar-refractivity contribution in [2.45, 2.75) is 51.6 Å². The molecule has 17 heavy (non-hydrogen) atoms. The smallest absolute Gasteiger partial charge is 0.238 e. The van der Waals surface area contributed by atoms with Crippen molar-refractivity contribution in [1.29, 1.82) is 0 Å². The lowest BCUT2D eigenvalue weighted by Gasteiger charge is -2.36. The highest BCUT2D eigenvalue weighted by Gasteiger charge is 2.30. The zero-order valence-corrected chi connectivity index (χ0v) is 10.9. The van der Waals surface area contributed by atoms with Gasteiger partial charge in [0.1, 0.15) is 0 Å². The Morgan fingerprint density at radius 2 is 2.18 bits per heavy atom. The highest BCUT2D eigenvalue weighted by atomic mass is 16.3. The van der Waals surface area contributed by atoms with E-state index in [0.29, 0.717) is 0 Å². The number of rotatable bonds is 4. The molecular weight excluding hydrogens is 218 g/mol. The van der Waals surface area contributed by atoms with Crippen LogP contribution < -0.4 is 11.3 Å². The van der Waals surface area contributed by atoms with Gasteiger partial charge in [0, 0.05) is 12.1 Å². The number of amides is 1. The number of hydrogen-bond acceptors (Lipinski definition) is 4. The van der Waals surface area contributed by atoms with E-state index in [0.717, 1.165) is 25.8 Å². The first-order valence-electron chi connectivity index (χ1n) is 6.48. The summed E-state index contributed by atoms with van der Waals surface area (Å²) in [4.78, 5) is 13.8. The van der Waals surface area contributed by atoms with Gasteiger partial charge in [-0.05, 0) is 26.3 Å². The third kappa shape index (κ3) is 3.66. The van der Waals surface area contributed by atoms with E-state index in [2.05, 4.69) is 10.3 Å². The molecule has 1 aliphatic rings. The van der Waals surface area contributed by atoms with E-state index in [1.165, 1.54) is 6.42 Å². The Balaban J connectivity index is 2.69. The topological polar surface area (TPSA) is 78.6 Å². The van der Waals surface area contributed by atoms with Crippen LogP contribution in [0, 0.1) is 5.92 Å². The number of hydrazine groups is 1. The van der Waals surface area contributed by atoms with E-state index in [9.17, 15) is 9.90 Å². The molecule has 0 aromatic carbocycles. The van der Waals surface area contributed by atoms with Crippen molar-refractivity contribution < 1.29 is 9.90 Å². The lowest BCUT2D eigenvalue weighted by molar-refractivity contribution is -0.127. The zero-order chi connectivity index (χ0) is 12.8.